The Morgan fingerprint density at radius 2 is 2.07 bits per heavy atom. The van der Waals surface area contributed by atoms with Crippen molar-refractivity contribution in [2.45, 2.75) is 46.0 Å². The van der Waals surface area contributed by atoms with Gasteiger partial charge in [0.05, 0.1) is 12.5 Å². The summed E-state index contributed by atoms with van der Waals surface area (Å²) >= 11 is 0. The van der Waals surface area contributed by atoms with E-state index in [1.54, 1.807) is 0 Å². The van der Waals surface area contributed by atoms with Gasteiger partial charge in [0.1, 0.15) is 0 Å². The Kier molecular flexibility index (Phi) is 4.86. The van der Waals surface area contributed by atoms with Crippen molar-refractivity contribution in [1.29, 1.82) is 0 Å². The van der Waals surface area contributed by atoms with E-state index in [1.165, 1.54) is 19.3 Å². The van der Waals surface area contributed by atoms with Gasteiger partial charge in [-0.15, -0.1) is 6.58 Å². The summed E-state index contributed by atoms with van der Waals surface area (Å²) in [6, 6.07) is 0. The first-order valence-corrected chi connectivity index (χ1v) is 5.92. The molecule has 0 radical (unpaired) electrons. The van der Waals surface area contributed by atoms with Crippen LogP contribution < -0.4 is 0 Å². The molecule has 0 aliphatic heterocycles. The van der Waals surface area contributed by atoms with Gasteiger partial charge in [-0.05, 0) is 25.7 Å². The van der Waals surface area contributed by atoms with Gasteiger partial charge in [-0.2, -0.15) is 0 Å². The summed E-state index contributed by atoms with van der Waals surface area (Å²) in [7, 11) is 0. The van der Waals surface area contributed by atoms with Crippen LogP contribution in [0.4, 0.5) is 0 Å². The molecule has 0 aromatic carbocycles. The van der Waals surface area contributed by atoms with Crippen molar-refractivity contribution in [1.82, 2.24) is 0 Å². The maximum atomic E-state index is 11.7. The maximum Gasteiger partial charge on any atom is 0.309 e. The molecular weight excluding hydrogens is 188 g/mol. The van der Waals surface area contributed by atoms with Gasteiger partial charge in [-0.25, -0.2) is 0 Å². The number of carbonyl (C=O) groups excluding carboxylic acids is 1. The van der Waals surface area contributed by atoms with Crippen LogP contribution in [0.5, 0.6) is 0 Å². The minimum absolute atomic E-state index is 0.00319. The van der Waals surface area contributed by atoms with Gasteiger partial charge in [0.15, 0.2) is 0 Å². The van der Waals surface area contributed by atoms with Gasteiger partial charge in [0.25, 0.3) is 0 Å². The molecule has 1 saturated carbocycles. The Labute approximate surface area is 92.7 Å². The second kappa shape index (κ2) is 5.94. The standard InChI is InChI=1S/C13H22O2/c1-10(2)8-9-15-13(14)12-7-5-4-6-11(12)3/h11-12H,1,4-9H2,2-3H3. The van der Waals surface area contributed by atoms with Gasteiger partial charge >= 0.3 is 5.97 Å². The van der Waals surface area contributed by atoms with Crippen LogP contribution in [0, 0.1) is 11.8 Å². The molecule has 0 aromatic heterocycles. The van der Waals surface area contributed by atoms with Crippen LogP contribution in [-0.2, 0) is 9.53 Å². The average molecular weight is 210 g/mol. The van der Waals surface area contributed by atoms with E-state index in [-0.39, 0.29) is 11.9 Å². The summed E-state index contributed by atoms with van der Waals surface area (Å²) in [5.41, 5.74) is 1.07. The molecule has 0 bridgehead atoms. The molecule has 86 valence electrons. The summed E-state index contributed by atoms with van der Waals surface area (Å²) in [4.78, 5) is 11.7. The van der Waals surface area contributed by atoms with Crippen LogP contribution in [0.3, 0.4) is 0 Å². The first-order chi connectivity index (χ1) is 7.11. The van der Waals surface area contributed by atoms with E-state index in [0.29, 0.717) is 12.5 Å². The Morgan fingerprint density at radius 1 is 1.40 bits per heavy atom. The van der Waals surface area contributed by atoms with E-state index >= 15 is 0 Å². The van der Waals surface area contributed by atoms with Crippen molar-refractivity contribution in [3.8, 4) is 0 Å². The van der Waals surface area contributed by atoms with Crippen LogP contribution in [0.2, 0.25) is 0 Å². The molecule has 0 saturated heterocycles. The summed E-state index contributed by atoms with van der Waals surface area (Å²) in [6.45, 7) is 8.40. The fraction of sp³-hybridized carbons (Fsp3) is 0.769. The van der Waals surface area contributed by atoms with E-state index in [1.807, 2.05) is 6.92 Å². The first kappa shape index (κ1) is 12.3. The van der Waals surface area contributed by atoms with E-state index in [2.05, 4.69) is 13.5 Å². The minimum Gasteiger partial charge on any atom is -0.465 e. The predicted octanol–water partition coefficient (Wildman–Crippen LogP) is 3.32. The SMILES string of the molecule is C=C(C)CCOC(=O)C1CCCCC1C. The molecule has 2 unspecified atom stereocenters. The topological polar surface area (TPSA) is 26.3 Å². The zero-order valence-electron chi connectivity index (χ0n) is 9.92. The summed E-state index contributed by atoms with van der Waals surface area (Å²) in [5.74, 6) is 0.642. The van der Waals surface area contributed by atoms with Crippen molar-refractivity contribution < 1.29 is 9.53 Å². The molecule has 1 aliphatic carbocycles. The summed E-state index contributed by atoms with van der Waals surface area (Å²) in [6.07, 6.45) is 5.39. The lowest BCUT2D eigenvalue weighted by molar-refractivity contribution is -0.151. The molecule has 15 heavy (non-hydrogen) atoms. The smallest absolute Gasteiger partial charge is 0.309 e. The van der Waals surface area contributed by atoms with Crippen LogP contribution >= 0.6 is 0 Å². The number of hydrogen-bond acceptors (Lipinski definition) is 2. The molecule has 0 N–H and O–H groups in total. The van der Waals surface area contributed by atoms with Crippen molar-refractivity contribution in [3.05, 3.63) is 12.2 Å². The predicted molar refractivity (Wildman–Crippen MR) is 61.5 cm³/mol. The van der Waals surface area contributed by atoms with Gasteiger partial charge in [-0.1, -0.05) is 25.3 Å². The molecular formula is C13H22O2. The largest absolute Gasteiger partial charge is 0.465 e. The van der Waals surface area contributed by atoms with Crippen molar-refractivity contribution in [2.75, 3.05) is 6.61 Å². The third-order valence-electron chi connectivity index (χ3n) is 3.19. The fourth-order valence-electron chi connectivity index (χ4n) is 2.10. The molecule has 2 nitrogen and oxygen atoms in total. The van der Waals surface area contributed by atoms with E-state index in [4.69, 9.17) is 4.74 Å². The van der Waals surface area contributed by atoms with Crippen molar-refractivity contribution >= 4 is 5.97 Å². The quantitative estimate of drug-likeness (QED) is 0.525. The Hall–Kier alpha value is -0.790. The lowest BCUT2D eigenvalue weighted by Gasteiger charge is -2.26. The molecule has 2 atom stereocenters. The average Bonchev–Trinajstić information content (AvgIpc) is 2.17. The first-order valence-electron chi connectivity index (χ1n) is 5.92. The van der Waals surface area contributed by atoms with Crippen LogP contribution in [0.25, 0.3) is 0 Å². The second-order valence-corrected chi connectivity index (χ2v) is 4.74. The van der Waals surface area contributed by atoms with Crippen LogP contribution in [0.1, 0.15) is 46.0 Å². The number of hydrogen-bond donors (Lipinski definition) is 0. The number of carbonyl (C=O) groups is 1. The lowest BCUT2D eigenvalue weighted by atomic mass is 9.80. The zero-order chi connectivity index (χ0) is 11.3. The second-order valence-electron chi connectivity index (χ2n) is 4.74. The molecule has 1 rings (SSSR count). The molecule has 1 fully saturated rings. The lowest BCUT2D eigenvalue weighted by Crippen LogP contribution is -2.27. The highest BCUT2D eigenvalue weighted by molar-refractivity contribution is 5.72. The Morgan fingerprint density at radius 3 is 2.67 bits per heavy atom. The Balaban J connectivity index is 2.29. The van der Waals surface area contributed by atoms with Crippen LogP contribution in [-0.4, -0.2) is 12.6 Å². The van der Waals surface area contributed by atoms with E-state index < -0.39 is 0 Å². The molecule has 0 heterocycles. The van der Waals surface area contributed by atoms with Gasteiger partial charge < -0.3 is 4.74 Å². The van der Waals surface area contributed by atoms with Gasteiger partial charge in [0, 0.05) is 6.42 Å². The fourth-order valence-corrected chi connectivity index (χ4v) is 2.10. The molecule has 2 heteroatoms. The maximum absolute atomic E-state index is 11.7. The summed E-state index contributed by atoms with van der Waals surface area (Å²) in [5, 5.41) is 0. The minimum atomic E-state index is 0.00319. The third kappa shape index (κ3) is 4.06. The summed E-state index contributed by atoms with van der Waals surface area (Å²) < 4.78 is 5.26. The number of rotatable bonds is 4. The van der Waals surface area contributed by atoms with E-state index in [9.17, 15) is 4.79 Å². The molecule has 0 spiro atoms. The zero-order valence-corrected chi connectivity index (χ0v) is 9.92. The highest BCUT2D eigenvalue weighted by atomic mass is 16.5. The normalized spacial score (nSPS) is 26.0. The number of esters is 1. The monoisotopic (exact) mass is 210 g/mol. The molecule has 1 aliphatic rings. The van der Waals surface area contributed by atoms with E-state index in [0.717, 1.165) is 18.4 Å². The highest BCUT2D eigenvalue weighted by Gasteiger charge is 2.28. The van der Waals surface area contributed by atoms with Crippen molar-refractivity contribution in [2.24, 2.45) is 11.8 Å². The Bertz CT molecular complexity index is 233. The number of ether oxygens (including phenoxy) is 1. The van der Waals surface area contributed by atoms with Crippen molar-refractivity contribution in [3.63, 3.8) is 0 Å². The third-order valence-corrected chi connectivity index (χ3v) is 3.19. The molecule has 0 aromatic rings. The highest BCUT2D eigenvalue weighted by Crippen LogP contribution is 2.30. The van der Waals surface area contributed by atoms with Gasteiger partial charge in [0.2, 0.25) is 0 Å². The van der Waals surface area contributed by atoms with Gasteiger partial charge in [-0.3, -0.25) is 4.79 Å². The van der Waals surface area contributed by atoms with Crippen LogP contribution in [0.15, 0.2) is 12.2 Å². The molecule has 0 amide bonds.